The van der Waals surface area contributed by atoms with Gasteiger partial charge in [-0.1, -0.05) is 49.4 Å². The molecule has 4 rings (SSSR count). The van der Waals surface area contributed by atoms with Crippen molar-refractivity contribution < 1.29 is 18.7 Å². The molecule has 6 nitrogen and oxygen atoms in total. The first-order chi connectivity index (χ1) is 16.7. The Labute approximate surface area is 204 Å². The zero-order valence-corrected chi connectivity index (χ0v) is 20.1. The Morgan fingerprint density at radius 3 is 2.31 bits per heavy atom. The van der Waals surface area contributed by atoms with Crippen LogP contribution in [0.4, 0.5) is 0 Å². The van der Waals surface area contributed by atoms with E-state index in [-0.39, 0.29) is 11.5 Å². The number of hydrogen-bond acceptors (Lipinski definition) is 6. The lowest BCUT2D eigenvalue weighted by Crippen LogP contribution is -2.37. The number of carbonyl (C=O) groups excluding carboxylic acids is 1. The smallest absolute Gasteiger partial charge is 0.314 e. The second kappa shape index (κ2) is 10.2. The summed E-state index contributed by atoms with van der Waals surface area (Å²) in [6, 6.07) is 23.9. The first-order valence-corrected chi connectivity index (χ1v) is 11.5. The number of ether oxygens (including phenoxy) is 2. The summed E-state index contributed by atoms with van der Waals surface area (Å²) in [5.41, 5.74) is 7.17. The molecule has 0 saturated carbocycles. The van der Waals surface area contributed by atoms with Gasteiger partial charge in [0.1, 0.15) is 17.9 Å². The molecule has 0 aliphatic heterocycles. The number of esters is 1. The Bertz CT molecular complexity index is 1370. The Morgan fingerprint density at radius 2 is 1.63 bits per heavy atom. The average Bonchev–Trinajstić information content (AvgIpc) is 2.84. The van der Waals surface area contributed by atoms with Crippen molar-refractivity contribution in [2.45, 2.75) is 39.3 Å². The summed E-state index contributed by atoms with van der Waals surface area (Å²) in [5.74, 6) is -0.306. The summed E-state index contributed by atoms with van der Waals surface area (Å²) >= 11 is 0. The van der Waals surface area contributed by atoms with Gasteiger partial charge < -0.3 is 19.6 Å². The Kier molecular flexibility index (Phi) is 7.03. The maximum atomic E-state index is 13.3. The summed E-state index contributed by atoms with van der Waals surface area (Å²) in [5, 5.41) is 0.341. The van der Waals surface area contributed by atoms with Crippen molar-refractivity contribution in [2.24, 2.45) is 11.7 Å². The lowest BCUT2D eigenvalue weighted by atomic mass is 9.93. The van der Waals surface area contributed by atoms with Crippen molar-refractivity contribution >= 4 is 16.9 Å². The van der Waals surface area contributed by atoms with Crippen molar-refractivity contribution in [3.8, 4) is 22.8 Å². The van der Waals surface area contributed by atoms with E-state index < -0.39 is 22.9 Å². The highest BCUT2D eigenvalue weighted by Crippen LogP contribution is 2.33. The molecule has 0 saturated heterocycles. The Balaban J connectivity index is 1.65. The normalized spacial score (nSPS) is 12.3. The standard InChI is InChI=1S/C29H29NO5/c1-19(17-29(2,3)30)28(32)35-27-25(31)23-11-7-8-12-24(23)34-26(27)21-13-15-22(16-14-21)33-18-20-9-5-4-6-10-20/h4-16,19H,17-18,30H2,1-3H3. The number of carbonyl (C=O) groups is 1. The van der Waals surface area contributed by atoms with E-state index in [4.69, 9.17) is 19.6 Å². The van der Waals surface area contributed by atoms with E-state index in [1.807, 2.05) is 44.2 Å². The first-order valence-electron chi connectivity index (χ1n) is 11.5. The van der Waals surface area contributed by atoms with E-state index >= 15 is 0 Å². The fourth-order valence-corrected chi connectivity index (χ4v) is 3.92. The van der Waals surface area contributed by atoms with Crippen LogP contribution in [-0.4, -0.2) is 11.5 Å². The molecule has 0 radical (unpaired) electrons. The van der Waals surface area contributed by atoms with Crippen molar-refractivity contribution in [1.29, 1.82) is 0 Å². The molecular weight excluding hydrogens is 442 g/mol. The van der Waals surface area contributed by atoms with Gasteiger partial charge in [-0.3, -0.25) is 9.59 Å². The topological polar surface area (TPSA) is 91.8 Å². The zero-order chi connectivity index (χ0) is 25.0. The minimum Gasteiger partial charge on any atom is -0.489 e. The van der Waals surface area contributed by atoms with Crippen LogP contribution in [-0.2, 0) is 11.4 Å². The van der Waals surface area contributed by atoms with Gasteiger partial charge in [0, 0.05) is 11.1 Å². The van der Waals surface area contributed by atoms with Gasteiger partial charge in [0.2, 0.25) is 11.2 Å². The maximum Gasteiger partial charge on any atom is 0.314 e. The molecule has 35 heavy (non-hydrogen) atoms. The lowest BCUT2D eigenvalue weighted by Gasteiger charge is -2.22. The van der Waals surface area contributed by atoms with E-state index in [1.165, 1.54) is 0 Å². The molecule has 3 aromatic carbocycles. The second-order valence-corrected chi connectivity index (χ2v) is 9.40. The third kappa shape index (κ3) is 5.97. The molecule has 0 aliphatic carbocycles. The summed E-state index contributed by atoms with van der Waals surface area (Å²) in [4.78, 5) is 26.2. The van der Waals surface area contributed by atoms with Crippen LogP contribution in [0.3, 0.4) is 0 Å². The van der Waals surface area contributed by atoms with Crippen molar-refractivity contribution in [3.05, 3.63) is 94.6 Å². The van der Waals surface area contributed by atoms with E-state index in [9.17, 15) is 9.59 Å². The molecule has 1 unspecified atom stereocenters. The fourth-order valence-electron chi connectivity index (χ4n) is 3.92. The minimum atomic E-state index is -0.551. The average molecular weight is 472 g/mol. The highest BCUT2D eigenvalue weighted by Gasteiger charge is 2.26. The van der Waals surface area contributed by atoms with Crippen molar-refractivity contribution in [2.75, 3.05) is 0 Å². The number of para-hydroxylation sites is 1. The molecule has 180 valence electrons. The SMILES string of the molecule is CC(CC(C)(C)N)C(=O)Oc1c(-c2ccc(OCc3ccccc3)cc2)oc2ccccc2c1=O. The zero-order valence-electron chi connectivity index (χ0n) is 20.1. The van der Waals surface area contributed by atoms with Crippen LogP contribution >= 0.6 is 0 Å². The van der Waals surface area contributed by atoms with Crippen molar-refractivity contribution in [1.82, 2.24) is 0 Å². The summed E-state index contributed by atoms with van der Waals surface area (Å²) < 4.78 is 17.6. The van der Waals surface area contributed by atoms with Crippen molar-refractivity contribution in [3.63, 3.8) is 0 Å². The molecule has 0 amide bonds. The lowest BCUT2D eigenvalue weighted by molar-refractivity contribution is -0.139. The Morgan fingerprint density at radius 1 is 0.971 bits per heavy atom. The molecule has 4 aromatic rings. The van der Waals surface area contributed by atoms with E-state index in [0.717, 1.165) is 5.56 Å². The number of rotatable bonds is 8. The van der Waals surface area contributed by atoms with Gasteiger partial charge in [0.05, 0.1) is 11.3 Å². The third-order valence-corrected chi connectivity index (χ3v) is 5.56. The summed E-state index contributed by atoms with van der Waals surface area (Å²) in [7, 11) is 0. The molecule has 2 N–H and O–H groups in total. The van der Waals surface area contributed by atoms with Gasteiger partial charge in [-0.2, -0.15) is 0 Å². The van der Waals surface area contributed by atoms with Gasteiger partial charge in [0.25, 0.3) is 0 Å². The predicted octanol–water partition coefficient (Wildman–Crippen LogP) is 5.71. The predicted molar refractivity (Wildman–Crippen MR) is 136 cm³/mol. The van der Waals surface area contributed by atoms with Gasteiger partial charge in [-0.05, 0) is 62.2 Å². The molecule has 0 fully saturated rings. The second-order valence-electron chi connectivity index (χ2n) is 9.40. The van der Waals surface area contributed by atoms with Crippen LogP contribution in [0.15, 0.2) is 88.1 Å². The number of benzene rings is 3. The van der Waals surface area contributed by atoms with Crippen LogP contribution in [0.5, 0.6) is 11.5 Å². The van der Waals surface area contributed by atoms with Crippen LogP contribution in [0.25, 0.3) is 22.3 Å². The third-order valence-electron chi connectivity index (χ3n) is 5.56. The van der Waals surface area contributed by atoms with Crippen LogP contribution in [0.1, 0.15) is 32.8 Å². The minimum absolute atomic E-state index is 0.131. The van der Waals surface area contributed by atoms with E-state index in [1.54, 1.807) is 55.5 Å². The molecule has 6 heteroatoms. The maximum absolute atomic E-state index is 13.3. The van der Waals surface area contributed by atoms with Gasteiger partial charge in [0.15, 0.2) is 5.76 Å². The van der Waals surface area contributed by atoms with Crippen LogP contribution in [0.2, 0.25) is 0 Å². The fraction of sp³-hybridized carbons (Fsp3) is 0.241. The highest BCUT2D eigenvalue weighted by molar-refractivity contribution is 5.84. The van der Waals surface area contributed by atoms with E-state index in [0.29, 0.717) is 35.3 Å². The van der Waals surface area contributed by atoms with Gasteiger partial charge in [-0.25, -0.2) is 0 Å². The van der Waals surface area contributed by atoms with E-state index in [2.05, 4.69) is 0 Å². The van der Waals surface area contributed by atoms with Gasteiger partial charge >= 0.3 is 5.97 Å². The first kappa shape index (κ1) is 24.2. The van der Waals surface area contributed by atoms with Crippen LogP contribution in [0, 0.1) is 5.92 Å². The molecule has 0 bridgehead atoms. The Hall–Kier alpha value is -3.90. The van der Waals surface area contributed by atoms with Crippen LogP contribution < -0.4 is 20.6 Å². The highest BCUT2D eigenvalue weighted by atomic mass is 16.5. The molecule has 1 aromatic heterocycles. The number of nitrogens with two attached hydrogens (primary N) is 1. The quantitative estimate of drug-likeness (QED) is 0.331. The summed E-state index contributed by atoms with van der Waals surface area (Å²) in [6.07, 6.45) is 0.410. The monoisotopic (exact) mass is 471 g/mol. The molecule has 1 heterocycles. The number of hydrogen-bond donors (Lipinski definition) is 1. The molecular formula is C29H29NO5. The number of fused-ring (bicyclic) bond motifs is 1. The molecule has 1 atom stereocenters. The van der Waals surface area contributed by atoms with Gasteiger partial charge in [-0.15, -0.1) is 0 Å². The summed E-state index contributed by atoms with van der Waals surface area (Å²) in [6.45, 7) is 5.85. The molecule has 0 aliphatic rings. The molecule has 0 spiro atoms. The largest absolute Gasteiger partial charge is 0.489 e.